The summed E-state index contributed by atoms with van der Waals surface area (Å²) in [5.41, 5.74) is 6.83. The van der Waals surface area contributed by atoms with Crippen molar-refractivity contribution in [3.8, 4) is 5.75 Å². The van der Waals surface area contributed by atoms with Gasteiger partial charge in [-0.05, 0) is 29.8 Å². The highest BCUT2D eigenvalue weighted by Crippen LogP contribution is 2.30. The number of rotatable bonds is 2. The van der Waals surface area contributed by atoms with Crippen LogP contribution in [0.25, 0.3) is 5.70 Å². The van der Waals surface area contributed by atoms with Crippen LogP contribution in [-0.2, 0) is 9.53 Å². The van der Waals surface area contributed by atoms with Gasteiger partial charge >= 0.3 is 11.9 Å². The molecule has 2 N–H and O–H groups in total. The van der Waals surface area contributed by atoms with Gasteiger partial charge in [0.05, 0.1) is 23.9 Å². The minimum absolute atomic E-state index is 0.00378. The molecule has 3 rings (SSSR count). The molecule has 0 aromatic heterocycles. The van der Waals surface area contributed by atoms with E-state index in [1.807, 2.05) is 0 Å². The molecular weight excluding hydrogens is 310 g/mol. The van der Waals surface area contributed by atoms with Gasteiger partial charge in [-0.15, -0.1) is 0 Å². The number of carbonyl (C=O) groups excluding carboxylic acids is 3. The van der Waals surface area contributed by atoms with Crippen LogP contribution in [0.3, 0.4) is 0 Å². The first-order valence-electron chi connectivity index (χ1n) is 7.07. The van der Waals surface area contributed by atoms with Gasteiger partial charge < -0.3 is 15.2 Å². The number of ether oxygens (including phenoxy) is 2. The molecule has 0 amide bonds. The molecule has 2 aromatic carbocycles. The summed E-state index contributed by atoms with van der Waals surface area (Å²) in [7, 11) is 1.28. The molecule has 2 aromatic rings. The molecule has 1 aliphatic rings. The number of para-hydroxylation sites is 1. The first-order valence-corrected chi connectivity index (χ1v) is 7.07. The van der Waals surface area contributed by atoms with Crippen LogP contribution in [0.1, 0.15) is 26.3 Å². The minimum Gasteiger partial charge on any atom is -0.465 e. The molecule has 6 nitrogen and oxygen atoms in total. The Labute approximate surface area is 137 Å². The van der Waals surface area contributed by atoms with Crippen molar-refractivity contribution in [1.82, 2.24) is 0 Å². The Bertz CT molecular complexity index is 881. The van der Waals surface area contributed by atoms with Crippen molar-refractivity contribution in [2.45, 2.75) is 0 Å². The third kappa shape index (κ3) is 2.54. The number of nitrogens with two attached hydrogens (primary N) is 1. The van der Waals surface area contributed by atoms with E-state index in [0.29, 0.717) is 11.1 Å². The monoisotopic (exact) mass is 323 g/mol. The maximum Gasteiger partial charge on any atom is 0.349 e. The zero-order chi connectivity index (χ0) is 17.3. The van der Waals surface area contributed by atoms with Gasteiger partial charge in [-0.25, -0.2) is 9.59 Å². The fourth-order valence-electron chi connectivity index (χ4n) is 2.40. The molecule has 120 valence electrons. The molecule has 0 saturated carbocycles. The Morgan fingerprint density at radius 2 is 1.62 bits per heavy atom. The Kier molecular flexibility index (Phi) is 3.87. The maximum absolute atomic E-state index is 12.6. The van der Waals surface area contributed by atoms with Gasteiger partial charge in [0.2, 0.25) is 5.78 Å². The third-order valence-electron chi connectivity index (χ3n) is 3.65. The van der Waals surface area contributed by atoms with Crippen LogP contribution in [0.2, 0.25) is 0 Å². The van der Waals surface area contributed by atoms with E-state index in [4.69, 9.17) is 10.5 Å². The number of benzene rings is 2. The smallest absolute Gasteiger partial charge is 0.349 e. The lowest BCUT2D eigenvalue weighted by Gasteiger charge is -2.18. The van der Waals surface area contributed by atoms with E-state index in [1.54, 1.807) is 24.3 Å². The second-order valence-corrected chi connectivity index (χ2v) is 5.07. The number of fused-ring (bicyclic) bond motifs is 1. The summed E-state index contributed by atoms with van der Waals surface area (Å²) < 4.78 is 9.78. The third-order valence-corrected chi connectivity index (χ3v) is 3.65. The highest BCUT2D eigenvalue weighted by atomic mass is 16.5. The number of Topliss-reactive ketones (excluding diaryl/α,β-unsaturated/α-hetero) is 1. The number of hydrogen-bond acceptors (Lipinski definition) is 6. The number of methoxy groups -OCH3 is 1. The largest absolute Gasteiger partial charge is 0.465 e. The zero-order valence-corrected chi connectivity index (χ0v) is 12.7. The van der Waals surface area contributed by atoms with Gasteiger partial charge in [0.15, 0.2) is 0 Å². The fourth-order valence-corrected chi connectivity index (χ4v) is 2.40. The maximum atomic E-state index is 12.6. The Morgan fingerprint density at radius 3 is 2.29 bits per heavy atom. The van der Waals surface area contributed by atoms with E-state index in [9.17, 15) is 14.4 Å². The van der Waals surface area contributed by atoms with Gasteiger partial charge in [-0.2, -0.15) is 0 Å². The summed E-state index contributed by atoms with van der Waals surface area (Å²) in [5, 5.41) is 0. The first kappa shape index (κ1) is 15.5. The topological polar surface area (TPSA) is 95.7 Å². The molecule has 0 atom stereocenters. The Morgan fingerprint density at radius 1 is 1.00 bits per heavy atom. The van der Waals surface area contributed by atoms with Crippen molar-refractivity contribution in [2.24, 2.45) is 5.73 Å². The summed E-state index contributed by atoms with van der Waals surface area (Å²) >= 11 is 0. The lowest BCUT2D eigenvalue weighted by Crippen LogP contribution is -2.28. The zero-order valence-electron chi connectivity index (χ0n) is 12.7. The second kappa shape index (κ2) is 6.00. The summed E-state index contributed by atoms with van der Waals surface area (Å²) in [5.74, 6) is -1.57. The van der Waals surface area contributed by atoms with Gasteiger partial charge in [0.25, 0.3) is 0 Å². The van der Waals surface area contributed by atoms with Crippen LogP contribution in [0, 0.1) is 0 Å². The normalized spacial score (nSPS) is 15.4. The average Bonchev–Trinajstić information content (AvgIpc) is 2.61. The number of hydrogen-bond donors (Lipinski definition) is 1. The highest BCUT2D eigenvalue weighted by Gasteiger charge is 2.33. The van der Waals surface area contributed by atoms with E-state index in [-0.39, 0.29) is 22.6 Å². The molecule has 0 spiro atoms. The van der Waals surface area contributed by atoms with Gasteiger partial charge in [0, 0.05) is 0 Å². The minimum atomic E-state index is -0.798. The van der Waals surface area contributed by atoms with E-state index in [0.717, 1.165) is 0 Å². The first-order chi connectivity index (χ1) is 11.5. The highest BCUT2D eigenvalue weighted by molar-refractivity contribution is 6.31. The van der Waals surface area contributed by atoms with Crippen molar-refractivity contribution < 1.29 is 23.9 Å². The number of esters is 2. The molecule has 0 bridgehead atoms. The van der Waals surface area contributed by atoms with Gasteiger partial charge in [-0.3, -0.25) is 4.79 Å². The lowest BCUT2D eigenvalue weighted by molar-refractivity contribution is -0.130. The van der Waals surface area contributed by atoms with Crippen molar-refractivity contribution >= 4 is 23.4 Å². The van der Waals surface area contributed by atoms with Crippen LogP contribution in [0.15, 0.2) is 54.1 Å². The molecule has 1 aliphatic heterocycles. The second-order valence-electron chi connectivity index (χ2n) is 5.07. The molecule has 24 heavy (non-hydrogen) atoms. The summed E-state index contributed by atoms with van der Waals surface area (Å²) in [6, 6.07) is 12.5. The van der Waals surface area contributed by atoms with Gasteiger partial charge in [-0.1, -0.05) is 24.3 Å². The Hall–Kier alpha value is -3.41. The van der Waals surface area contributed by atoms with Crippen LogP contribution in [-0.4, -0.2) is 24.8 Å². The van der Waals surface area contributed by atoms with Crippen molar-refractivity contribution in [2.75, 3.05) is 7.11 Å². The van der Waals surface area contributed by atoms with Crippen LogP contribution in [0.5, 0.6) is 5.75 Å². The lowest BCUT2D eigenvalue weighted by atomic mass is 9.95. The van der Waals surface area contributed by atoms with Crippen LogP contribution >= 0.6 is 0 Å². The summed E-state index contributed by atoms with van der Waals surface area (Å²) in [6.45, 7) is 0. The average molecular weight is 323 g/mol. The fraction of sp³-hybridized carbons (Fsp3) is 0.0556. The standard InChI is InChI=1S/C18H13NO5/c1-23-17(21)11-8-6-10(7-9-11)15(19)14-16(20)12-4-2-3-5-13(12)24-18(14)22/h2-9H,19H2,1H3/b15-14-. The Balaban J connectivity index is 2.04. The van der Waals surface area contributed by atoms with Crippen molar-refractivity contribution in [3.05, 3.63) is 70.8 Å². The predicted octanol–water partition coefficient (Wildman–Crippen LogP) is 1.94. The quantitative estimate of drug-likeness (QED) is 0.393. The molecule has 1 heterocycles. The van der Waals surface area contributed by atoms with E-state index < -0.39 is 17.7 Å². The number of carbonyl (C=O) groups is 3. The van der Waals surface area contributed by atoms with E-state index >= 15 is 0 Å². The summed E-state index contributed by atoms with van der Waals surface area (Å²) in [6.07, 6.45) is 0. The predicted molar refractivity (Wildman–Crippen MR) is 85.3 cm³/mol. The summed E-state index contributed by atoms with van der Waals surface area (Å²) in [4.78, 5) is 36.1. The molecule has 0 saturated heterocycles. The van der Waals surface area contributed by atoms with Crippen LogP contribution in [0.4, 0.5) is 0 Å². The molecule has 0 unspecified atom stereocenters. The van der Waals surface area contributed by atoms with Gasteiger partial charge in [0.1, 0.15) is 11.3 Å². The van der Waals surface area contributed by atoms with Crippen LogP contribution < -0.4 is 10.5 Å². The SMILES string of the molecule is COC(=O)c1ccc(/C(N)=C2/C(=O)Oc3ccccc3C2=O)cc1. The van der Waals surface area contributed by atoms with E-state index in [2.05, 4.69) is 4.74 Å². The number of ketones is 1. The molecule has 0 radical (unpaired) electrons. The molecule has 6 heteroatoms. The molecular formula is C18H13NO5. The molecule has 0 fully saturated rings. The van der Waals surface area contributed by atoms with Crippen molar-refractivity contribution in [3.63, 3.8) is 0 Å². The molecule has 0 aliphatic carbocycles. The van der Waals surface area contributed by atoms with Crippen molar-refractivity contribution in [1.29, 1.82) is 0 Å². The van der Waals surface area contributed by atoms with E-state index in [1.165, 1.54) is 31.4 Å².